The maximum Gasteiger partial charge on any atom is 0.243 e. The molecule has 0 saturated carbocycles. The second-order valence-electron chi connectivity index (χ2n) is 5.00. The van der Waals surface area contributed by atoms with Crippen LogP contribution in [-0.4, -0.2) is 15.2 Å². The molecule has 5 heteroatoms. The maximum atomic E-state index is 5.81. The Kier molecular flexibility index (Phi) is 2.81. The van der Waals surface area contributed by atoms with Crippen molar-refractivity contribution in [1.29, 1.82) is 0 Å². The van der Waals surface area contributed by atoms with Crippen molar-refractivity contribution in [3.8, 4) is 0 Å². The highest BCUT2D eigenvalue weighted by molar-refractivity contribution is 5.49. The summed E-state index contributed by atoms with van der Waals surface area (Å²) in [7, 11) is 0. The van der Waals surface area contributed by atoms with Crippen LogP contribution in [0.2, 0.25) is 0 Å². The van der Waals surface area contributed by atoms with Gasteiger partial charge in [-0.05, 0) is 49.9 Å². The molecule has 1 atom stereocenters. The minimum absolute atomic E-state index is 0.250. The number of nitrogens with two attached hydrogens (primary N) is 1. The average molecular weight is 255 g/mol. The molecule has 0 fully saturated rings. The SMILES string of the molecule is Cc1nnc(NC2CCc3cc(N)ccc32)nc1C. The molecule has 5 nitrogen and oxygen atoms in total. The number of anilines is 2. The van der Waals surface area contributed by atoms with Crippen molar-refractivity contribution in [2.45, 2.75) is 32.7 Å². The standard InChI is InChI=1S/C14H17N5/c1-8-9(2)18-19-14(16-8)17-13-6-3-10-7-11(15)4-5-12(10)13/h4-5,7,13H,3,6,15H2,1-2H3,(H,16,17,19). The zero-order chi connectivity index (χ0) is 13.4. The van der Waals surface area contributed by atoms with Crippen molar-refractivity contribution >= 4 is 11.6 Å². The summed E-state index contributed by atoms with van der Waals surface area (Å²) in [6, 6.07) is 6.33. The Morgan fingerprint density at radius 1 is 1.21 bits per heavy atom. The van der Waals surface area contributed by atoms with Gasteiger partial charge in [-0.2, -0.15) is 5.10 Å². The highest BCUT2D eigenvalue weighted by Gasteiger charge is 2.23. The fourth-order valence-electron chi connectivity index (χ4n) is 2.46. The molecule has 3 N–H and O–H groups in total. The number of hydrogen-bond acceptors (Lipinski definition) is 5. The summed E-state index contributed by atoms with van der Waals surface area (Å²) in [5.74, 6) is 0.595. The Morgan fingerprint density at radius 2 is 2.05 bits per heavy atom. The highest BCUT2D eigenvalue weighted by atomic mass is 15.2. The topological polar surface area (TPSA) is 76.7 Å². The normalized spacial score (nSPS) is 17.3. The van der Waals surface area contributed by atoms with Gasteiger partial charge in [-0.3, -0.25) is 0 Å². The fourth-order valence-corrected chi connectivity index (χ4v) is 2.46. The van der Waals surface area contributed by atoms with Crippen LogP contribution in [0.25, 0.3) is 0 Å². The monoisotopic (exact) mass is 255 g/mol. The third-order valence-corrected chi connectivity index (χ3v) is 3.64. The summed E-state index contributed by atoms with van der Waals surface area (Å²) >= 11 is 0. The quantitative estimate of drug-likeness (QED) is 0.804. The molecule has 1 unspecified atom stereocenters. The van der Waals surface area contributed by atoms with Gasteiger partial charge in [0.2, 0.25) is 5.95 Å². The van der Waals surface area contributed by atoms with Crippen molar-refractivity contribution in [2.24, 2.45) is 0 Å². The Hall–Kier alpha value is -2.17. The molecule has 0 saturated heterocycles. The second-order valence-corrected chi connectivity index (χ2v) is 5.00. The van der Waals surface area contributed by atoms with Gasteiger partial charge in [0.25, 0.3) is 0 Å². The molecule has 1 aromatic carbocycles. The lowest BCUT2D eigenvalue weighted by molar-refractivity contribution is 0.740. The maximum absolute atomic E-state index is 5.81. The van der Waals surface area contributed by atoms with Crippen molar-refractivity contribution in [2.75, 3.05) is 11.1 Å². The Morgan fingerprint density at radius 3 is 2.84 bits per heavy atom. The van der Waals surface area contributed by atoms with E-state index in [1.165, 1.54) is 11.1 Å². The van der Waals surface area contributed by atoms with Crippen LogP contribution in [0.3, 0.4) is 0 Å². The van der Waals surface area contributed by atoms with E-state index in [2.05, 4.69) is 32.6 Å². The first kappa shape index (κ1) is 11.9. The van der Waals surface area contributed by atoms with E-state index >= 15 is 0 Å². The Labute approximate surface area is 112 Å². The lowest BCUT2D eigenvalue weighted by atomic mass is 10.1. The van der Waals surface area contributed by atoms with E-state index in [-0.39, 0.29) is 6.04 Å². The number of rotatable bonds is 2. The van der Waals surface area contributed by atoms with Crippen molar-refractivity contribution in [3.05, 3.63) is 40.7 Å². The first-order chi connectivity index (χ1) is 9.13. The van der Waals surface area contributed by atoms with Crippen LogP contribution in [0.5, 0.6) is 0 Å². The number of hydrogen-bond donors (Lipinski definition) is 2. The van der Waals surface area contributed by atoms with Crippen molar-refractivity contribution in [1.82, 2.24) is 15.2 Å². The van der Waals surface area contributed by atoms with E-state index < -0.39 is 0 Å². The molecule has 0 spiro atoms. The van der Waals surface area contributed by atoms with Crippen molar-refractivity contribution < 1.29 is 0 Å². The molecular formula is C14H17N5. The fraction of sp³-hybridized carbons (Fsp3) is 0.357. The van der Waals surface area contributed by atoms with Crippen LogP contribution in [-0.2, 0) is 6.42 Å². The van der Waals surface area contributed by atoms with Gasteiger partial charge in [0, 0.05) is 5.69 Å². The molecule has 1 aromatic heterocycles. The Bertz CT molecular complexity index is 623. The third kappa shape index (κ3) is 2.23. The largest absolute Gasteiger partial charge is 0.399 e. The number of nitrogens with one attached hydrogen (secondary N) is 1. The second kappa shape index (κ2) is 4.50. The van der Waals surface area contributed by atoms with Gasteiger partial charge in [-0.25, -0.2) is 4.98 Å². The minimum Gasteiger partial charge on any atom is -0.399 e. The van der Waals surface area contributed by atoms with Crippen LogP contribution in [0.4, 0.5) is 11.6 Å². The van der Waals surface area contributed by atoms with Crippen LogP contribution in [0.15, 0.2) is 18.2 Å². The lowest BCUT2D eigenvalue weighted by Crippen LogP contribution is -2.12. The molecule has 0 aliphatic heterocycles. The molecule has 3 rings (SSSR count). The summed E-state index contributed by atoms with van der Waals surface area (Å²) in [5, 5.41) is 11.6. The zero-order valence-corrected chi connectivity index (χ0v) is 11.1. The van der Waals surface area contributed by atoms with E-state index in [9.17, 15) is 0 Å². The predicted octanol–water partition coefficient (Wildman–Crippen LogP) is 2.17. The number of aryl methyl sites for hydroxylation is 3. The molecule has 0 amide bonds. The summed E-state index contributed by atoms with van der Waals surface area (Å²) in [5.41, 5.74) is 11.0. The van der Waals surface area contributed by atoms with E-state index in [1.54, 1.807) is 0 Å². The van der Waals surface area contributed by atoms with E-state index in [1.807, 2.05) is 19.9 Å². The molecule has 0 bridgehead atoms. The molecule has 1 aliphatic carbocycles. The Balaban J connectivity index is 1.84. The minimum atomic E-state index is 0.250. The summed E-state index contributed by atoms with van der Waals surface area (Å²) < 4.78 is 0. The van der Waals surface area contributed by atoms with Gasteiger partial charge in [0.1, 0.15) is 0 Å². The number of nitrogens with zero attached hydrogens (tertiary/aromatic N) is 3. The smallest absolute Gasteiger partial charge is 0.243 e. The number of aromatic nitrogens is 3. The third-order valence-electron chi connectivity index (χ3n) is 3.64. The van der Waals surface area contributed by atoms with Crippen LogP contribution in [0.1, 0.15) is 35.0 Å². The van der Waals surface area contributed by atoms with Crippen LogP contribution < -0.4 is 11.1 Å². The summed E-state index contributed by atoms with van der Waals surface area (Å²) in [6.45, 7) is 3.85. The van der Waals surface area contributed by atoms with E-state index in [4.69, 9.17) is 5.73 Å². The number of nitrogen functional groups attached to an aromatic ring is 1. The number of benzene rings is 1. The molecule has 98 valence electrons. The van der Waals surface area contributed by atoms with Gasteiger partial charge in [-0.1, -0.05) is 6.07 Å². The summed E-state index contributed by atoms with van der Waals surface area (Å²) in [4.78, 5) is 4.42. The molecular weight excluding hydrogens is 238 g/mol. The molecule has 19 heavy (non-hydrogen) atoms. The van der Waals surface area contributed by atoms with Crippen LogP contribution in [0, 0.1) is 13.8 Å². The zero-order valence-electron chi connectivity index (χ0n) is 11.1. The van der Waals surface area contributed by atoms with Gasteiger partial charge < -0.3 is 11.1 Å². The van der Waals surface area contributed by atoms with Crippen molar-refractivity contribution in [3.63, 3.8) is 0 Å². The van der Waals surface area contributed by atoms with Gasteiger partial charge in [0.15, 0.2) is 0 Å². The highest BCUT2D eigenvalue weighted by Crippen LogP contribution is 2.34. The number of fused-ring (bicyclic) bond motifs is 1. The molecule has 0 radical (unpaired) electrons. The van der Waals surface area contributed by atoms with E-state index in [0.29, 0.717) is 5.95 Å². The molecule has 1 heterocycles. The summed E-state index contributed by atoms with van der Waals surface area (Å²) in [6.07, 6.45) is 2.07. The predicted molar refractivity (Wildman–Crippen MR) is 74.8 cm³/mol. The first-order valence-corrected chi connectivity index (χ1v) is 6.46. The lowest BCUT2D eigenvalue weighted by Gasteiger charge is -2.14. The molecule has 2 aromatic rings. The van der Waals surface area contributed by atoms with Gasteiger partial charge in [0.05, 0.1) is 17.4 Å². The average Bonchev–Trinajstić information content (AvgIpc) is 2.76. The van der Waals surface area contributed by atoms with E-state index in [0.717, 1.165) is 29.9 Å². The van der Waals surface area contributed by atoms with Gasteiger partial charge in [-0.15, -0.1) is 5.10 Å². The molecule has 1 aliphatic rings. The first-order valence-electron chi connectivity index (χ1n) is 6.46. The van der Waals surface area contributed by atoms with Crippen LogP contribution >= 0.6 is 0 Å². The van der Waals surface area contributed by atoms with Gasteiger partial charge >= 0.3 is 0 Å².